The number of aliphatic hydroxyl groups is 1. The number of ether oxygens (including phenoxy) is 1. The minimum absolute atomic E-state index is 0.0335. The number of nitrogens with one attached hydrogen (secondary N) is 2. The van der Waals surface area contributed by atoms with Gasteiger partial charge in [-0.05, 0) is 61.1 Å². The summed E-state index contributed by atoms with van der Waals surface area (Å²) in [6, 6.07) is 5.14. The Morgan fingerprint density at radius 2 is 2.00 bits per heavy atom. The van der Waals surface area contributed by atoms with Crippen molar-refractivity contribution in [3.8, 4) is 5.75 Å². The molecule has 0 spiro atoms. The van der Waals surface area contributed by atoms with E-state index < -0.39 is 0 Å². The van der Waals surface area contributed by atoms with Gasteiger partial charge in [0.1, 0.15) is 18.1 Å². The number of amides is 1. The molecular weight excluding hydrogens is 444 g/mol. The number of allylic oxidation sites excluding steroid dienone is 1. The molecule has 188 valence electrons. The van der Waals surface area contributed by atoms with Crippen LogP contribution in [0.15, 0.2) is 39.8 Å². The Morgan fingerprint density at radius 1 is 1.26 bits per heavy atom. The molecule has 3 N–H and O–H groups in total. The van der Waals surface area contributed by atoms with E-state index >= 15 is 0 Å². The van der Waals surface area contributed by atoms with Crippen LogP contribution >= 0.6 is 0 Å². The molecule has 2 aliphatic rings. The Kier molecular flexibility index (Phi) is 8.38. The van der Waals surface area contributed by atoms with E-state index in [1.807, 2.05) is 26.0 Å². The highest BCUT2D eigenvalue weighted by molar-refractivity contribution is 6.44. The van der Waals surface area contributed by atoms with Crippen molar-refractivity contribution in [2.75, 3.05) is 26.3 Å². The van der Waals surface area contributed by atoms with Crippen LogP contribution in [-0.2, 0) is 10.2 Å². The maximum atomic E-state index is 13.1. The van der Waals surface area contributed by atoms with E-state index in [0.29, 0.717) is 42.2 Å². The van der Waals surface area contributed by atoms with Gasteiger partial charge in [0.25, 0.3) is 5.91 Å². The molecule has 8 nitrogen and oxygen atoms in total. The Bertz CT molecular complexity index is 1090. The first-order chi connectivity index (χ1) is 16.5. The average Bonchev–Trinajstić information content (AvgIpc) is 3.02. The molecule has 2 aliphatic heterocycles. The van der Waals surface area contributed by atoms with Gasteiger partial charge in [0, 0.05) is 30.0 Å². The fourth-order valence-corrected chi connectivity index (χ4v) is 4.24. The van der Waals surface area contributed by atoms with Gasteiger partial charge >= 0.3 is 0 Å². The first-order valence-corrected chi connectivity index (χ1v) is 12.1. The molecule has 1 aromatic carbocycles. The third-order valence-corrected chi connectivity index (χ3v) is 6.23. The quantitative estimate of drug-likeness (QED) is 0.469. The van der Waals surface area contributed by atoms with Gasteiger partial charge in [-0.2, -0.15) is 0 Å². The lowest BCUT2D eigenvalue weighted by atomic mass is 9.85. The minimum atomic E-state index is -0.376. The standard InChI is InChI=1S/C27H36N4O4/c1-6-29-26(34)22-11-16(2)25-20(15-30-22)24(28)21(31-25)7-8-23(33)17-12-18(27(3,4)5)14-19(13-17)35-10-9-32/h11-14,20-21,28,32H,6-10,15H2,1-5H3,(H,29,34)/t20?,21-/m1/s1. The number of hydrogen-bond donors (Lipinski definition) is 3. The molecule has 0 aliphatic carbocycles. The Morgan fingerprint density at radius 3 is 2.66 bits per heavy atom. The monoisotopic (exact) mass is 480 g/mol. The van der Waals surface area contributed by atoms with E-state index in [1.54, 1.807) is 12.1 Å². The molecule has 2 atom stereocenters. The second-order valence-electron chi connectivity index (χ2n) is 9.98. The molecule has 1 amide bonds. The molecule has 0 bridgehead atoms. The van der Waals surface area contributed by atoms with Crippen LogP contribution in [0.2, 0.25) is 0 Å². The number of benzene rings is 1. The van der Waals surface area contributed by atoms with Crippen molar-refractivity contribution in [1.29, 1.82) is 5.41 Å². The summed E-state index contributed by atoms with van der Waals surface area (Å²) < 4.78 is 5.60. The van der Waals surface area contributed by atoms with Crippen molar-refractivity contribution < 1.29 is 19.4 Å². The van der Waals surface area contributed by atoms with Crippen molar-refractivity contribution >= 4 is 28.8 Å². The number of carbonyl (C=O) groups excluding carboxylic acids is 2. The Hall–Kier alpha value is -3.13. The van der Waals surface area contributed by atoms with Crippen molar-refractivity contribution in [2.24, 2.45) is 15.9 Å². The second-order valence-corrected chi connectivity index (χ2v) is 9.98. The molecular formula is C27H36N4O4. The van der Waals surface area contributed by atoms with E-state index in [9.17, 15) is 9.59 Å². The van der Waals surface area contributed by atoms with Crippen LogP contribution in [0.5, 0.6) is 5.75 Å². The molecule has 3 rings (SSSR count). The lowest BCUT2D eigenvalue weighted by Crippen LogP contribution is -2.30. The summed E-state index contributed by atoms with van der Waals surface area (Å²) in [6.45, 7) is 10.9. The van der Waals surface area contributed by atoms with Crippen molar-refractivity contribution in [3.63, 3.8) is 0 Å². The predicted octanol–water partition coefficient (Wildman–Crippen LogP) is 3.31. The van der Waals surface area contributed by atoms with E-state index in [2.05, 4.69) is 31.1 Å². The number of fused-ring (bicyclic) bond motifs is 1. The first kappa shape index (κ1) is 26.5. The van der Waals surface area contributed by atoms with Gasteiger partial charge in [0.15, 0.2) is 5.78 Å². The predicted molar refractivity (Wildman–Crippen MR) is 138 cm³/mol. The summed E-state index contributed by atoms with van der Waals surface area (Å²) in [6.07, 6.45) is 2.42. The number of carbonyl (C=O) groups is 2. The molecule has 0 fully saturated rings. The summed E-state index contributed by atoms with van der Waals surface area (Å²) in [7, 11) is 0. The van der Waals surface area contributed by atoms with Gasteiger partial charge in [0.05, 0.1) is 25.1 Å². The molecule has 0 saturated carbocycles. The lowest BCUT2D eigenvalue weighted by Gasteiger charge is -2.21. The smallest absolute Gasteiger partial charge is 0.269 e. The van der Waals surface area contributed by atoms with E-state index in [-0.39, 0.29) is 48.7 Å². The van der Waals surface area contributed by atoms with Crippen LogP contribution in [0, 0.1) is 11.3 Å². The number of ketones is 1. The molecule has 2 heterocycles. The zero-order chi connectivity index (χ0) is 25.8. The van der Waals surface area contributed by atoms with Crippen molar-refractivity contribution in [1.82, 2.24) is 5.32 Å². The summed E-state index contributed by atoms with van der Waals surface area (Å²) in [4.78, 5) is 34.5. The van der Waals surface area contributed by atoms with Crippen LogP contribution in [0.3, 0.4) is 0 Å². The highest BCUT2D eigenvalue weighted by Gasteiger charge is 2.36. The Labute approximate surface area is 207 Å². The third kappa shape index (κ3) is 6.31. The fraction of sp³-hybridized carbons (Fsp3) is 0.519. The van der Waals surface area contributed by atoms with Crippen LogP contribution < -0.4 is 10.1 Å². The van der Waals surface area contributed by atoms with Gasteiger partial charge in [-0.3, -0.25) is 19.6 Å². The molecule has 1 unspecified atom stereocenters. The summed E-state index contributed by atoms with van der Waals surface area (Å²) >= 11 is 0. The average molecular weight is 481 g/mol. The normalized spacial score (nSPS) is 19.8. The maximum Gasteiger partial charge on any atom is 0.269 e. The summed E-state index contributed by atoms with van der Waals surface area (Å²) in [5, 5.41) is 20.5. The van der Waals surface area contributed by atoms with Crippen LogP contribution in [0.1, 0.15) is 63.4 Å². The Balaban J connectivity index is 1.74. The van der Waals surface area contributed by atoms with Gasteiger partial charge in [-0.25, -0.2) is 0 Å². The number of Topliss-reactive ketones (excluding diaryl/α,β-unsaturated/α-hetero) is 1. The zero-order valence-electron chi connectivity index (χ0n) is 21.3. The van der Waals surface area contributed by atoms with Crippen LogP contribution in [0.4, 0.5) is 0 Å². The van der Waals surface area contributed by atoms with Gasteiger partial charge in [-0.1, -0.05) is 20.8 Å². The van der Waals surface area contributed by atoms with E-state index in [4.69, 9.17) is 20.2 Å². The largest absolute Gasteiger partial charge is 0.491 e. The minimum Gasteiger partial charge on any atom is -0.491 e. The molecule has 1 aromatic rings. The molecule has 0 aromatic heterocycles. The van der Waals surface area contributed by atoms with Gasteiger partial charge in [-0.15, -0.1) is 0 Å². The highest BCUT2D eigenvalue weighted by atomic mass is 16.5. The summed E-state index contributed by atoms with van der Waals surface area (Å²) in [5.74, 6) is 0.0447. The number of hydrogen-bond acceptors (Lipinski definition) is 7. The lowest BCUT2D eigenvalue weighted by molar-refractivity contribution is -0.114. The van der Waals surface area contributed by atoms with Crippen molar-refractivity contribution in [2.45, 2.75) is 58.9 Å². The van der Waals surface area contributed by atoms with Crippen LogP contribution in [-0.4, -0.2) is 66.3 Å². The topological polar surface area (TPSA) is 124 Å². The number of rotatable bonds is 9. The molecule has 0 radical (unpaired) electrons. The number of aliphatic imine (C=N–C) groups is 2. The van der Waals surface area contributed by atoms with E-state index in [0.717, 1.165) is 16.8 Å². The van der Waals surface area contributed by atoms with Gasteiger partial charge in [0.2, 0.25) is 0 Å². The second kappa shape index (κ2) is 11.1. The molecule has 8 heteroatoms. The van der Waals surface area contributed by atoms with Gasteiger partial charge < -0.3 is 20.6 Å². The van der Waals surface area contributed by atoms with Crippen LogP contribution in [0.25, 0.3) is 0 Å². The molecule has 0 saturated heterocycles. The van der Waals surface area contributed by atoms with E-state index in [1.165, 1.54) is 0 Å². The number of nitrogens with zero attached hydrogens (tertiary/aromatic N) is 2. The third-order valence-electron chi connectivity index (χ3n) is 6.23. The summed E-state index contributed by atoms with van der Waals surface area (Å²) in [5.41, 5.74) is 3.79. The maximum absolute atomic E-state index is 13.1. The molecule has 35 heavy (non-hydrogen) atoms. The fourth-order valence-electron chi connectivity index (χ4n) is 4.24. The SMILES string of the molecule is CCNC(=O)C1=NCC2C(=N)[C@@H](CCC(=O)c3cc(OCCO)cc(C(C)(C)C)c3)N=C2C(C)=C1. The van der Waals surface area contributed by atoms with Crippen molar-refractivity contribution in [3.05, 3.63) is 41.0 Å². The number of aliphatic hydroxyl groups excluding tert-OH is 1. The first-order valence-electron chi connectivity index (χ1n) is 12.1. The highest BCUT2D eigenvalue weighted by Crippen LogP contribution is 2.30. The zero-order valence-corrected chi connectivity index (χ0v) is 21.3.